The molecule has 4 N–H and O–H groups in total. The van der Waals surface area contributed by atoms with Gasteiger partial charge in [-0.1, -0.05) is 263 Å². The third-order valence-corrected chi connectivity index (χ3v) is 15.3. The minimum Gasteiger partial charge on any atom is -0.466 e. The van der Waals surface area contributed by atoms with Crippen LogP contribution in [0, 0.1) is 5.92 Å². The van der Waals surface area contributed by atoms with Gasteiger partial charge in [-0.05, 0) is 50.5 Å². The van der Waals surface area contributed by atoms with Crippen molar-refractivity contribution < 1.29 is 39.5 Å². The molecule has 75 heavy (non-hydrogen) atoms. The van der Waals surface area contributed by atoms with Crippen molar-refractivity contribution >= 4 is 11.9 Å². The molecule has 4 unspecified atom stereocenters. The summed E-state index contributed by atoms with van der Waals surface area (Å²) in [4.78, 5) is 31.5. The third kappa shape index (κ3) is 45.5. The van der Waals surface area contributed by atoms with E-state index >= 15 is 0 Å². The van der Waals surface area contributed by atoms with Gasteiger partial charge in [0.05, 0.1) is 50.0 Å². The number of hydrogen-bond donors (Lipinski definition) is 4. The van der Waals surface area contributed by atoms with E-state index in [0.29, 0.717) is 58.5 Å². The van der Waals surface area contributed by atoms with Crippen LogP contribution in [0.25, 0.3) is 0 Å². The van der Waals surface area contributed by atoms with E-state index in [2.05, 4.69) is 37.5 Å². The van der Waals surface area contributed by atoms with Crippen LogP contribution in [-0.2, 0) is 25.5 Å². The number of benzene rings is 1. The normalized spacial score (nSPS) is 13.8. The fourth-order valence-corrected chi connectivity index (χ4v) is 10.6. The van der Waals surface area contributed by atoms with Crippen molar-refractivity contribution in [1.82, 2.24) is 9.80 Å². The second kappa shape index (κ2) is 52.6. The fraction of sp³-hybridized carbons (Fsp3) is 0.877. The Morgan fingerprint density at radius 3 is 1.01 bits per heavy atom. The second-order valence-corrected chi connectivity index (χ2v) is 22.9. The van der Waals surface area contributed by atoms with Crippen molar-refractivity contribution in [2.24, 2.45) is 5.92 Å². The highest BCUT2D eigenvalue weighted by Gasteiger charge is 2.26. The lowest BCUT2D eigenvalue weighted by Crippen LogP contribution is -2.39. The molecular formula is C65H122N2O8. The van der Waals surface area contributed by atoms with E-state index in [1.807, 2.05) is 30.3 Å². The molecule has 0 aliphatic rings. The standard InChI is InChI=1S/C65H122N2O8/c1-5-9-13-17-21-25-29-36-44-60(68)54-66(55-61(69)45-37-30-26-22-18-14-10-6-2)48-40-50-74-64(72)53-59(52-58-42-34-33-35-43-58)65(73)75-51-41-49-67(56-62(70)46-38-31-27-23-19-15-11-7-3)57-63(71)47-39-32-28-24-20-16-12-8-4/h33-35,42-43,59-63,68-71H,5-32,36-41,44-57H2,1-4H3/t59-,60?,61?,62?,63?/m0/s1. The molecule has 0 saturated carbocycles. The predicted molar refractivity (Wildman–Crippen MR) is 315 cm³/mol. The van der Waals surface area contributed by atoms with Crippen molar-refractivity contribution in [3.63, 3.8) is 0 Å². The number of ether oxygens (including phenoxy) is 2. The summed E-state index contributed by atoms with van der Waals surface area (Å²) in [6, 6.07) is 9.72. The van der Waals surface area contributed by atoms with Gasteiger partial charge < -0.3 is 29.9 Å². The van der Waals surface area contributed by atoms with Crippen LogP contribution >= 0.6 is 0 Å². The smallest absolute Gasteiger partial charge is 0.309 e. The quantitative estimate of drug-likeness (QED) is 0.0368. The zero-order valence-electron chi connectivity index (χ0n) is 49.5. The van der Waals surface area contributed by atoms with Crippen LogP contribution in [0.4, 0.5) is 0 Å². The molecule has 0 spiro atoms. The number of hydrogen-bond acceptors (Lipinski definition) is 10. The molecule has 5 atom stereocenters. The van der Waals surface area contributed by atoms with Crippen LogP contribution in [0.2, 0.25) is 0 Å². The molecule has 0 amide bonds. The molecule has 0 bridgehead atoms. The number of nitrogens with zero attached hydrogens (tertiary/aromatic N) is 2. The van der Waals surface area contributed by atoms with Gasteiger partial charge in [-0.3, -0.25) is 19.4 Å². The average molecular weight is 1060 g/mol. The highest BCUT2D eigenvalue weighted by molar-refractivity contribution is 5.80. The Morgan fingerprint density at radius 1 is 0.400 bits per heavy atom. The largest absolute Gasteiger partial charge is 0.466 e. The van der Waals surface area contributed by atoms with Gasteiger partial charge in [0.15, 0.2) is 0 Å². The summed E-state index contributed by atoms with van der Waals surface area (Å²) in [6.45, 7) is 12.5. The molecule has 440 valence electrons. The maximum absolute atomic E-state index is 13.7. The molecule has 1 aromatic rings. The fourth-order valence-electron chi connectivity index (χ4n) is 10.6. The van der Waals surface area contributed by atoms with E-state index in [1.54, 1.807) is 0 Å². The highest BCUT2D eigenvalue weighted by atomic mass is 16.5. The summed E-state index contributed by atoms with van der Waals surface area (Å²) in [5, 5.41) is 44.4. The lowest BCUT2D eigenvalue weighted by molar-refractivity contribution is -0.155. The minimum atomic E-state index is -0.701. The SMILES string of the molecule is CCCCCCCCCCC(O)CN(CCCOC(=O)C[C@H](Cc1ccccc1)C(=O)OCCCN(CC(O)CCCCCCCCCC)CC(O)CCCCCCCCCC)CC(O)CCCCCCCCCC. The number of aliphatic hydroxyl groups excluding tert-OH is 4. The van der Waals surface area contributed by atoms with E-state index in [-0.39, 0.29) is 19.6 Å². The third-order valence-electron chi connectivity index (χ3n) is 15.3. The summed E-state index contributed by atoms with van der Waals surface area (Å²) in [7, 11) is 0. The molecule has 0 aliphatic carbocycles. The number of aliphatic hydroxyl groups is 4. The molecule has 0 aromatic heterocycles. The van der Waals surface area contributed by atoms with Gasteiger partial charge >= 0.3 is 11.9 Å². The average Bonchev–Trinajstić information content (AvgIpc) is 3.39. The molecule has 1 aromatic carbocycles. The summed E-state index contributed by atoms with van der Waals surface area (Å²) < 4.78 is 11.7. The first-order valence-corrected chi connectivity index (χ1v) is 32.1. The number of esters is 2. The van der Waals surface area contributed by atoms with E-state index in [9.17, 15) is 30.0 Å². The molecule has 10 heteroatoms. The monoisotopic (exact) mass is 1060 g/mol. The Morgan fingerprint density at radius 2 is 0.693 bits per heavy atom. The van der Waals surface area contributed by atoms with Crippen molar-refractivity contribution in [3.05, 3.63) is 35.9 Å². The van der Waals surface area contributed by atoms with Crippen molar-refractivity contribution in [2.75, 3.05) is 52.5 Å². The van der Waals surface area contributed by atoms with E-state index in [1.165, 1.54) is 154 Å². The first-order chi connectivity index (χ1) is 36.6. The Hall–Kier alpha value is -2.08. The highest BCUT2D eigenvalue weighted by Crippen LogP contribution is 2.19. The lowest BCUT2D eigenvalue weighted by atomic mass is 9.96. The maximum atomic E-state index is 13.7. The summed E-state index contributed by atoms with van der Waals surface area (Å²) in [5.41, 5.74) is 0.945. The molecule has 10 nitrogen and oxygen atoms in total. The van der Waals surface area contributed by atoms with Crippen LogP contribution < -0.4 is 0 Å². The number of unbranched alkanes of at least 4 members (excludes halogenated alkanes) is 28. The van der Waals surface area contributed by atoms with Gasteiger partial charge in [-0.25, -0.2) is 0 Å². The van der Waals surface area contributed by atoms with Gasteiger partial charge in [0.1, 0.15) is 0 Å². The van der Waals surface area contributed by atoms with Gasteiger partial charge in [0.25, 0.3) is 0 Å². The molecule has 0 radical (unpaired) electrons. The lowest BCUT2D eigenvalue weighted by Gasteiger charge is -2.27. The summed E-state index contributed by atoms with van der Waals surface area (Å²) in [5.74, 6) is -1.56. The second-order valence-electron chi connectivity index (χ2n) is 22.9. The van der Waals surface area contributed by atoms with Crippen LogP contribution in [0.5, 0.6) is 0 Å². The summed E-state index contributed by atoms with van der Waals surface area (Å²) in [6.07, 6.45) is 41.6. The number of carbonyl (C=O) groups is 2. The zero-order valence-corrected chi connectivity index (χ0v) is 49.5. The molecule has 0 aliphatic heterocycles. The molecule has 1 rings (SSSR count). The predicted octanol–water partition coefficient (Wildman–Crippen LogP) is 15.3. The Bertz CT molecular complexity index is 1310. The van der Waals surface area contributed by atoms with Crippen LogP contribution in [0.3, 0.4) is 0 Å². The van der Waals surface area contributed by atoms with E-state index in [0.717, 1.165) is 82.6 Å². The molecule has 0 heterocycles. The van der Waals surface area contributed by atoms with Crippen molar-refractivity contribution in [3.8, 4) is 0 Å². The van der Waals surface area contributed by atoms with Gasteiger partial charge in [-0.15, -0.1) is 0 Å². The summed E-state index contributed by atoms with van der Waals surface area (Å²) >= 11 is 0. The topological polar surface area (TPSA) is 140 Å². The van der Waals surface area contributed by atoms with Crippen LogP contribution in [0.1, 0.15) is 284 Å². The van der Waals surface area contributed by atoms with Crippen molar-refractivity contribution in [2.45, 2.75) is 309 Å². The Balaban J connectivity index is 2.80. The Labute approximate surface area is 462 Å². The first-order valence-electron chi connectivity index (χ1n) is 32.1. The van der Waals surface area contributed by atoms with Gasteiger partial charge in [0, 0.05) is 39.3 Å². The molecular weight excluding hydrogens is 937 g/mol. The number of carbonyl (C=O) groups excluding carboxylic acids is 2. The molecule has 0 fully saturated rings. The Kier molecular flexibility index (Phi) is 49.8. The van der Waals surface area contributed by atoms with Gasteiger partial charge in [-0.2, -0.15) is 0 Å². The molecule has 0 saturated heterocycles. The van der Waals surface area contributed by atoms with Crippen molar-refractivity contribution in [1.29, 1.82) is 0 Å². The van der Waals surface area contributed by atoms with E-state index < -0.39 is 42.3 Å². The van der Waals surface area contributed by atoms with Crippen LogP contribution in [-0.4, -0.2) is 119 Å². The maximum Gasteiger partial charge on any atom is 0.309 e. The zero-order chi connectivity index (χ0) is 54.7. The van der Waals surface area contributed by atoms with E-state index in [4.69, 9.17) is 9.47 Å². The van der Waals surface area contributed by atoms with Gasteiger partial charge in [0.2, 0.25) is 0 Å². The number of rotatable bonds is 57. The minimum absolute atomic E-state index is 0.0892. The first kappa shape index (κ1) is 70.9. The van der Waals surface area contributed by atoms with Crippen LogP contribution in [0.15, 0.2) is 30.3 Å².